The maximum Gasteiger partial charge on any atom is 0.338 e. The van der Waals surface area contributed by atoms with E-state index in [-0.39, 0.29) is 6.10 Å². The number of carbonyl (C=O) groups excluding carboxylic acids is 1. The molecule has 1 N–H and O–H groups in total. The first-order valence-corrected chi connectivity index (χ1v) is 9.75. The number of aromatic nitrogens is 3. The Labute approximate surface area is 172 Å². The minimum absolute atomic E-state index is 0.243. The van der Waals surface area contributed by atoms with Gasteiger partial charge in [-0.1, -0.05) is 0 Å². The lowest BCUT2D eigenvalue weighted by Gasteiger charge is -2.29. The first kappa shape index (κ1) is 20.2. The van der Waals surface area contributed by atoms with E-state index in [9.17, 15) is 4.79 Å². The molecule has 9 heteroatoms. The molecule has 0 unspecified atom stereocenters. The van der Waals surface area contributed by atoms with Crippen molar-refractivity contribution < 1.29 is 19.0 Å². The molecule has 2 heterocycles. The van der Waals surface area contributed by atoms with Crippen molar-refractivity contribution in [3.8, 4) is 11.5 Å². The second kappa shape index (κ2) is 8.22. The van der Waals surface area contributed by atoms with Gasteiger partial charge in [-0.05, 0) is 61.3 Å². The van der Waals surface area contributed by atoms with Gasteiger partial charge in [0.1, 0.15) is 12.4 Å². The zero-order valence-electron chi connectivity index (χ0n) is 16.4. The van der Waals surface area contributed by atoms with E-state index < -0.39 is 12.0 Å². The molecule has 1 aromatic heterocycles. The van der Waals surface area contributed by atoms with E-state index in [2.05, 4.69) is 31.3 Å². The standard InChI is InChI=1S/C19H23BrN4O4/c1-6-27-17-13(20)7-12(8-14(17)26-5)16-15(18(25)28-10(2)3)11(4)23-19-21-9-22-24(16)19/h7-10,16H,6H2,1-5H3,(H,21,22,23)/t16-/m0/s1. The number of esters is 1. The molecule has 0 aliphatic carbocycles. The fourth-order valence-electron chi connectivity index (χ4n) is 3.12. The Kier molecular flexibility index (Phi) is 5.93. The Bertz CT molecular complexity index is 923. The molecule has 150 valence electrons. The lowest BCUT2D eigenvalue weighted by molar-refractivity contribution is -0.143. The minimum Gasteiger partial charge on any atom is -0.493 e. The van der Waals surface area contributed by atoms with Crippen molar-refractivity contribution in [2.24, 2.45) is 0 Å². The third kappa shape index (κ3) is 3.71. The highest BCUT2D eigenvalue weighted by Crippen LogP contribution is 2.42. The summed E-state index contributed by atoms with van der Waals surface area (Å²) in [5, 5.41) is 7.44. The van der Waals surface area contributed by atoms with Crippen molar-refractivity contribution in [2.45, 2.75) is 39.8 Å². The minimum atomic E-state index is -0.522. The van der Waals surface area contributed by atoms with Crippen LogP contribution in [0.3, 0.4) is 0 Å². The van der Waals surface area contributed by atoms with Crippen LogP contribution in [0, 0.1) is 0 Å². The number of benzene rings is 1. The number of anilines is 1. The van der Waals surface area contributed by atoms with Crippen LogP contribution in [0.15, 0.2) is 34.2 Å². The maximum atomic E-state index is 12.9. The average Bonchev–Trinajstić information content (AvgIpc) is 3.09. The number of nitrogens with zero attached hydrogens (tertiary/aromatic N) is 3. The van der Waals surface area contributed by atoms with Crippen LogP contribution in [-0.4, -0.2) is 40.6 Å². The summed E-state index contributed by atoms with van der Waals surface area (Å²) in [6, 6.07) is 3.21. The largest absolute Gasteiger partial charge is 0.493 e. The third-order valence-corrected chi connectivity index (χ3v) is 4.80. The van der Waals surface area contributed by atoms with Crippen molar-refractivity contribution >= 4 is 27.8 Å². The molecule has 0 radical (unpaired) electrons. The molecule has 8 nitrogen and oxygen atoms in total. The highest BCUT2D eigenvalue weighted by atomic mass is 79.9. The molecular weight excluding hydrogens is 428 g/mol. The molecule has 0 bridgehead atoms. The molecule has 0 spiro atoms. The van der Waals surface area contributed by atoms with Gasteiger partial charge in [-0.3, -0.25) is 0 Å². The number of ether oxygens (including phenoxy) is 3. The van der Waals surface area contributed by atoms with Gasteiger partial charge in [0, 0.05) is 5.70 Å². The number of carbonyl (C=O) groups is 1. The van der Waals surface area contributed by atoms with Crippen molar-refractivity contribution in [3.63, 3.8) is 0 Å². The van der Waals surface area contributed by atoms with Gasteiger partial charge >= 0.3 is 5.97 Å². The van der Waals surface area contributed by atoms with Gasteiger partial charge in [0.05, 0.1) is 29.9 Å². The van der Waals surface area contributed by atoms with Gasteiger partial charge in [0.25, 0.3) is 0 Å². The fraction of sp³-hybridized carbons (Fsp3) is 0.421. The molecule has 0 fully saturated rings. The molecule has 2 aromatic rings. The van der Waals surface area contributed by atoms with Crippen molar-refractivity contribution in [1.82, 2.24) is 14.8 Å². The number of hydrogen-bond donors (Lipinski definition) is 1. The maximum absolute atomic E-state index is 12.9. The lowest BCUT2D eigenvalue weighted by Crippen LogP contribution is -2.30. The lowest BCUT2D eigenvalue weighted by atomic mass is 9.95. The second-order valence-electron chi connectivity index (χ2n) is 6.52. The van der Waals surface area contributed by atoms with Crippen LogP contribution < -0.4 is 14.8 Å². The van der Waals surface area contributed by atoms with E-state index in [0.29, 0.717) is 35.3 Å². The summed E-state index contributed by atoms with van der Waals surface area (Å²) in [4.78, 5) is 17.1. The van der Waals surface area contributed by atoms with Crippen LogP contribution in [0.5, 0.6) is 11.5 Å². The zero-order chi connectivity index (χ0) is 20.4. The quantitative estimate of drug-likeness (QED) is 0.671. The van der Waals surface area contributed by atoms with Crippen molar-refractivity contribution in [1.29, 1.82) is 0 Å². The van der Waals surface area contributed by atoms with Gasteiger partial charge in [-0.15, -0.1) is 0 Å². The summed E-state index contributed by atoms with van der Waals surface area (Å²) in [6.07, 6.45) is 1.20. The zero-order valence-corrected chi connectivity index (χ0v) is 18.0. The number of methoxy groups -OCH3 is 1. The van der Waals surface area contributed by atoms with Crippen molar-refractivity contribution in [2.75, 3.05) is 19.0 Å². The molecule has 1 aliphatic heterocycles. The van der Waals surface area contributed by atoms with Crippen LogP contribution in [0.2, 0.25) is 0 Å². The topological polar surface area (TPSA) is 87.5 Å². The van der Waals surface area contributed by atoms with E-state index in [0.717, 1.165) is 10.0 Å². The van der Waals surface area contributed by atoms with E-state index in [1.807, 2.05) is 39.8 Å². The SMILES string of the molecule is CCOc1c(Br)cc([C@H]2C(C(=O)OC(C)C)=C(C)Nc3ncnn32)cc1OC. The Hall–Kier alpha value is -2.55. The van der Waals surface area contributed by atoms with E-state index in [1.54, 1.807) is 11.8 Å². The molecule has 28 heavy (non-hydrogen) atoms. The van der Waals surface area contributed by atoms with Crippen LogP contribution in [0.25, 0.3) is 0 Å². The van der Waals surface area contributed by atoms with Gasteiger partial charge in [0.2, 0.25) is 5.95 Å². The summed E-state index contributed by atoms with van der Waals surface area (Å²) in [7, 11) is 1.58. The van der Waals surface area contributed by atoms with E-state index in [1.165, 1.54) is 6.33 Å². The number of hydrogen-bond acceptors (Lipinski definition) is 7. The summed E-state index contributed by atoms with van der Waals surface area (Å²) >= 11 is 3.55. The predicted molar refractivity (Wildman–Crippen MR) is 108 cm³/mol. The summed E-state index contributed by atoms with van der Waals surface area (Å²) < 4.78 is 19.1. The fourth-order valence-corrected chi connectivity index (χ4v) is 3.70. The van der Waals surface area contributed by atoms with Crippen LogP contribution in [0.1, 0.15) is 39.3 Å². The normalized spacial score (nSPS) is 15.9. The number of halogens is 1. The molecule has 0 amide bonds. The van der Waals surface area contributed by atoms with Crippen molar-refractivity contribution in [3.05, 3.63) is 39.8 Å². The predicted octanol–water partition coefficient (Wildman–Crippen LogP) is 3.69. The highest BCUT2D eigenvalue weighted by molar-refractivity contribution is 9.10. The average molecular weight is 451 g/mol. The molecule has 1 aliphatic rings. The molecular formula is C19H23BrN4O4. The van der Waals surface area contributed by atoms with E-state index >= 15 is 0 Å². The van der Waals surface area contributed by atoms with Gasteiger partial charge in [-0.2, -0.15) is 10.1 Å². The van der Waals surface area contributed by atoms with E-state index in [4.69, 9.17) is 14.2 Å². The van der Waals surface area contributed by atoms with Crippen LogP contribution in [-0.2, 0) is 9.53 Å². The van der Waals surface area contributed by atoms with Gasteiger partial charge in [-0.25, -0.2) is 9.48 Å². The number of allylic oxidation sites excluding steroid dienone is 1. The van der Waals surface area contributed by atoms with Crippen LogP contribution >= 0.6 is 15.9 Å². The highest BCUT2D eigenvalue weighted by Gasteiger charge is 2.35. The molecule has 3 rings (SSSR count). The monoisotopic (exact) mass is 450 g/mol. The summed E-state index contributed by atoms with van der Waals surface area (Å²) in [5.41, 5.74) is 1.92. The molecule has 0 saturated heterocycles. The first-order valence-electron chi connectivity index (χ1n) is 8.95. The third-order valence-electron chi connectivity index (χ3n) is 4.21. The summed E-state index contributed by atoms with van der Waals surface area (Å²) in [6.45, 7) is 7.86. The molecule has 0 saturated carbocycles. The molecule has 1 aromatic carbocycles. The Morgan fingerprint density at radius 2 is 2.14 bits per heavy atom. The second-order valence-corrected chi connectivity index (χ2v) is 7.37. The smallest absolute Gasteiger partial charge is 0.338 e. The Morgan fingerprint density at radius 3 is 2.79 bits per heavy atom. The van der Waals surface area contributed by atoms with Gasteiger partial charge < -0.3 is 19.5 Å². The number of fused-ring (bicyclic) bond motifs is 1. The number of rotatable bonds is 6. The molecule has 1 atom stereocenters. The van der Waals surface area contributed by atoms with Gasteiger partial charge in [0.15, 0.2) is 11.5 Å². The Balaban J connectivity index is 2.16. The van der Waals surface area contributed by atoms with Crippen LogP contribution in [0.4, 0.5) is 5.95 Å². The number of nitrogens with one attached hydrogen (secondary N) is 1. The Morgan fingerprint density at radius 1 is 1.39 bits per heavy atom. The first-order chi connectivity index (χ1) is 13.4. The summed E-state index contributed by atoms with van der Waals surface area (Å²) in [5.74, 6) is 1.30.